The summed E-state index contributed by atoms with van der Waals surface area (Å²) in [5.41, 5.74) is 2.56. The number of amides is 2. The molecule has 194 valence electrons. The number of hydrogen-bond acceptors (Lipinski definition) is 7. The van der Waals surface area contributed by atoms with Crippen LogP contribution in [0, 0.1) is 11.5 Å². The molecule has 11 heteroatoms. The van der Waals surface area contributed by atoms with Gasteiger partial charge in [0.1, 0.15) is 5.54 Å². The molecule has 1 aromatic heterocycles. The third-order valence-electron chi connectivity index (χ3n) is 6.57. The van der Waals surface area contributed by atoms with Crippen LogP contribution >= 0.6 is 0 Å². The molecule has 1 aliphatic rings. The van der Waals surface area contributed by atoms with Gasteiger partial charge in [0.05, 0.1) is 18.7 Å². The second-order valence-electron chi connectivity index (χ2n) is 8.82. The van der Waals surface area contributed by atoms with Gasteiger partial charge < -0.3 is 24.3 Å². The Kier molecular flexibility index (Phi) is 7.91. The first-order valence-electron chi connectivity index (χ1n) is 11.9. The van der Waals surface area contributed by atoms with Gasteiger partial charge in [-0.2, -0.15) is 5.26 Å². The maximum absolute atomic E-state index is 13.1. The van der Waals surface area contributed by atoms with Crippen LogP contribution in [0.4, 0.5) is 4.79 Å². The number of aromatic nitrogens is 1. The number of carbonyl (C=O) groups is 2. The maximum Gasteiger partial charge on any atom is 0.420 e. The van der Waals surface area contributed by atoms with E-state index in [0.29, 0.717) is 30.7 Å². The molecule has 11 nitrogen and oxygen atoms in total. The van der Waals surface area contributed by atoms with E-state index in [4.69, 9.17) is 13.9 Å². The van der Waals surface area contributed by atoms with Crippen molar-refractivity contribution in [1.29, 1.82) is 5.26 Å². The number of hydrogen-bond donors (Lipinski definition) is 2. The minimum absolute atomic E-state index is 0.116. The molecule has 1 saturated heterocycles. The van der Waals surface area contributed by atoms with Crippen LogP contribution in [0.25, 0.3) is 22.2 Å². The fraction of sp³-hybridized carbons (Fsp3) is 0.385. The molecule has 0 spiro atoms. The summed E-state index contributed by atoms with van der Waals surface area (Å²) in [7, 11) is 1.57. The molecular weight excluding hydrogens is 480 g/mol. The van der Waals surface area contributed by atoms with Gasteiger partial charge >= 0.3 is 11.8 Å². The van der Waals surface area contributed by atoms with Gasteiger partial charge in [0, 0.05) is 39.7 Å². The Morgan fingerprint density at radius 1 is 1.19 bits per heavy atom. The van der Waals surface area contributed by atoms with Crippen molar-refractivity contribution < 1.29 is 28.6 Å². The van der Waals surface area contributed by atoms with Crippen LogP contribution < -0.4 is 11.1 Å². The molecule has 4 rings (SSSR count). The van der Waals surface area contributed by atoms with Gasteiger partial charge in [0.2, 0.25) is 0 Å². The third kappa shape index (κ3) is 5.66. The van der Waals surface area contributed by atoms with Crippen LogP contribution in [0.2, 0.25) is 0 Å². The highest BCUT2D eigenvalue weighted by Crippen LogP contribution is 2.26. The van der Waals surface area contributed by atoms with E-state index in [1.54, 1.807) is 13.2 Å². The van der Waals surface area contributed by atoms with Gasteiger partial charge in [0.25, 0.3) is 5.91 Å². The summed E-state index contributed by atoms with van der Waals surface area (Å²) < 4.78 is 17.2. The van der Waals surface area contributed by atoms with E-state index in [0.717, 1.165) is 21.6 Å². The Morgan fingerprint density at radius 2 is 1.89 bits per heavy atom. The van der Waals surface area contributed by atoms with E-state index in [9.17, 15) is 24.8 Å². The lowest BCUT2D eigenvalue weighted by Gasteiger charge is -2.37. The third-order valence-corrected chi connectivity index (χ3v) is 6.57. The molecule has 0 aliphatic carbocycles. The number of carbonyl (C=O) groups excluding carboxylic acids is 1. The average Bonchev–Trinajstić information content (AvgIpc) is 3.22. The summed E-state index contributed by atoms with van der Waals surface area (Å²) in [5, 5.41) is 21.2. The molecule has 2 aromatic carbocycles. The maximum atomic E-state index is 13.1. The normalized spacial score (nSPS) is 14.7. The topological polar surface area (TPSA) is 147 Å². The molecule has 0 atom stereocenters. The van der Waals surface area contributed by atoms with Gasteiger partial charge in [-0.05, 0) is 35.2 Å². The van der Waals surface area contributed by atoms with Crippen LogP contribution in [0.15, 0.2) is 51.7 Å². The number of nitriles is 1. The summed E-state index contributed by atoms with van der Waals surface area (Å²) in [5.74, 6) is -0.998. The molecular formula is C26H28N4O7. The number of nitrogens with zero attached hydrogens (tertiary/aromatic N) is 3. The lowest BCUT2D eigenvalue weighted by Crippen LogP contribution is -2.61. The van der Waals surface area contributed by atoms with Crippen molar-refractivity contribution in [1.82, 2.24) is 14.8 Å². The molecule has 0 saturated carbocycles. The van der Waals surface area contributed by atoms with E-state index < -0.39 is 23.3 Å². The van der Waals surface area contributed by atoms with E-state index in [-0.39, 0.29) is 32.6 Å². The van der Waals surface area contributed by atoms with Crippen molar-refractivity contribution in [3.05, 3.63) is 58.6 Å². The van der Waals surface area contributed by atoms with Crippen molar-refractivity contribution in [2.45, 2.75) is 31.3 Å². The molecule has 2 N–H and O–H groups in total. The Hall–Kier alpha value is -4.14. The van der Waals surface area contributed by atoms with E-state index in [1.165, 1.54) is 4.57 Å². The monoisotopic (exact) mass is 508 g/mol. The molecule has 0 radical (unpaired) electrons. The number of benzene rings is 2. The van der Waals surface area contributed by atoms with Crippen molar-refractivity contribution in [3.8, 4) is 17.3 Å². The number of nitrogens with one attached hydrogen (secondary N) is 1. The summed E-state index contributed by atoms with van der Waals surface area (Å²) >= 11 is 0. The highest BCUT2D eigenvalue weighted by Gasteiger charge is 2.44. The SMILES string of the molecule is COCCn1c(=O)oc2ccc(-c3ccc(CCN(C#N)C(=O)C4(NC(=O)O)CCOCC4)cc3)cc21. The molecule has 2 amide bonds. The summed E-state index contributed by atoms with van der Waals surface area (Å²) in [6.07, 6.45) is 1.35. The van der Waals surface area contributed by atoms with Gasteiger partial charge in [0.15, 0.2) is 11.8 Å². The van der Waals surface area contributed by atoms with Gasteiger partial charge in [-0.25, -0.2) is 14.5 Å². The second kappa shape index (κ2) is 11.3. The Morgan fingerprint density at radius 3 is 2.54 bits per heavy atom. The van der Waals surface area contributed by atoms with Crippen LogP contribution in [0.1, 0.15) is 18.4 Å². The Labute approximate surface area is 212 Å². The molecule has 0 unspecified atom stereocenters. The quantitative estimate of drug-likeness (QED) is 0.331. The van der Waals surface area contributed by atoms with Gasteiger partial charge in [-0.3, -0.25) is 9.36 Å². The standard InChI is InChI=1S/C26H28N4O7/c1-35-15-12-30-21-16-20(6-7-22(21)37-25(30)34)19-4-2-18(3-5-19)8-11-29(17-27)23(31)26(28-24(32)33)9-13-36-14-10-26/h2-7,16,28H,8-15H2,1H3,(H,32,33). The zero-order valence-electron chi connectivity index (χ0n) is 20.4. The largest absolute Gasteiger partial charge is 0.465 e. The summed E-state index contributed by atoms with van der Waals surface area (Å²) in [6.45, 7) is 1.36. The summed E-state index contributed by atoms with van der Waals surface area (Å²) in [4.78, 5) is 37.6. The van der Waals surface area contributed by atoms with E-state index >= 15 is 0 Å². The number of carboxylic acid groups (broad SMARTS) is 1. The zero-order valence-corrected chi connectivity index (χ0v) is 20.4. The lowest BCUT2D eigenvalue weighted by molar-refractivity contribution is -0.139. The number of fused-ring (bicyclic) bond motifs is 1. The van der Waals surface area contributed by atoms with Crippen molar-refractivity contribution >= 4 is 23.1 Å². The first-order valence-corrected chi connectivity index (χ1v) is 11.9. The highest BCUT2D eigenvalue weighted by molar-refractivity contribution is 5.91. The number of oxazole rings is 1. The van der Waals surface area contributed by atoms with Crippen molar-refractivity contribution in [3.63, 3.8) is 0 Å². The van der Waals surface area contributed by atoms with E-state index in [2.05, 4.69) is 5.32 Å². The van der Waals surface area contributed by atoms with Crippen molar-refractivity contribution in [2.75, 3.05) is 33.5 Å². The fourth-order valence-corrected chi connectivity index (χ4v) is 4.51. The van der Waals surface area contributed by atoms with Crippen molar-refractivity contribution in [2.24, 2.45) is 0 Å². The molecule has 0 bridgehead atoms. The van der Waals surface area contributed by atoms with E-state index in [1.807, 2.05) is 42.6 Å². The van der Waals surface area contributed by atoms with Crippen LogP contribution in [0.3, 0.4) is 0 Å². The number of methoxy groups -OCH3 is 1. The Bertz CT molecular complexity index is 1360. The average molecular weight is 509 g/mol. The van der Waals surface area contributed by atoms with Crippen LogP contribution in [-0.2, 0) is 27.2 Å². The zero-order chi connectivity index (χ0) is 26.4. The second-order valence-corrected chi connectivity index (χ2v) is 8.82. The van der Waals surface area contributed by atoms with Gasteiger partial charge in [-0.1, -0.05) is 30.3 Å². The highest BCUT2D eigenvalue weighted by atomic mass is 16.5. The molecule has 1 fully saturated rings. The Balaban J connectivity index is 1.47. The number of rotatable bonds is 9. The minimum Gasteiger partial charge on any atom is -0.465 e. The van der Waals surface area contributed by atoms with Crippen LogP contribution in [-0.4, -0.2) is 65.6 Å². The number of ether oxygens (including phenoxy) is 2. The first-order chi connectivity index (χ1) is 17.9. The minimum atomic E-state index is -1.36. The molecule has 37 heavy (non-hydrogen) atoms. The smallest absolute Gasteiger partial charge is 0.420 e. The molecule has 1 aliphatic heterocycles. The van der Waals surface area contributed by atoms with Crippen LogP contribution in [0.5, 0.6) is 0 Å². The summed E-state index contributed by atoms with van der Waals surface area (Å²) in [6, 6.07) is 13.2. The molecule has 3 aromatic rings. The molecule has 2 heterocycles. The first kappa shape index (κ1) is 25.9. The lowest BCUT2D eigenvalue weighted by atomic mass is 9.88. The van der Waals surface area contributed by atoms with Gasteiger partial charge in [-0.15, -0.1) is 0 Å². The predicted octanol–water partition coefficient (Wildman–Crippen LogP) is 2.58. The predicted molar refractivity (Wildman–Crippen MR) is 133 cm³/mol. The fourth-order valence-electron chi connectivity index (χ4n) is 4.51.